The van der Waals surface area contributed by atoms with Gasteiger partial charge in [0.1, 0.15) is 6.07 Å². The quantitative estimate of drug-likeness (QED) is 0.835. The average molecular weight is 401 g/mol. The van der Waals surface area contributed by atoms with Gasteiger partial charge in [0.25, 0.3) is 0 Å². The lowest BCUT2D eigenvalue weighted by Crippen LogP contribution is -2.47. The Bertz CT molecular complexity index is 811. The minimum absolute atomic E-state index is 0.0674. The Balaban J connectivity index is 2.02. The van der Waals surface area contributed by atoms with Gasteiger partial charge in [0.2, 0.25) is 5.82 Å². The van der Waals surface area contributed by atoms with E-state index in [4.69, 9.17) is 5.26 Å². The fourth-order valence-electron chi connectivity index (χ4n) is 3.47. The van der Waals surface area contributed by atoms with Crippen LogP contribution < -0.4 is 0 Å². The number of benzene rings is 1. The molecule has 128 valence electrons. The summed E-state index contributed by atoms with van der Waals surface area (Å²) < 4.78 is 0.947. The molecule has 7 heteroatoms. The van der Waals surface area contributed by atoms with E-state index in [1.807, 2.05) is 30.3 Å². The summed E-state index contributed by atoms with van der Waals surface area (Å²) in [6, 6.07) is 11.3. The molecule has 0 spiro atoms. The standard InChI is InChI=1S/C18H17BrN4O2/c19-14-5-3-13(4-6-14)12-23(17(24)25)18(8-1-2-9-18)15-7-10-21-16(11-20)22-15/h3-7,10H,1-2,8-9,12H2,(H,24,25). The molecule has 25 heavy (non-hydrogen) atoms. The van der Waals surface area contributed by atoms with Crippen LogP contribution in [0.15, 0.2) is 41.0 Å². The lowest BCUT2D eigenvalue weighted by Gasteiger charge is -2.39. The zero-order valence-electron chi connectivity index (χ0n) is 13.5. The molecule has 3 rings (SSSR count). The van der Waals surface area contributed by atoms with E-state index in [0.717, 1.165) is 22.9 Å². The van der Waals surface area contributed by atoms with E-state index in [0.29, 0.717) is 18.5 Å². The molecule has 1 aromatic carbocycles. The normalized spacial score (nSPS) is 15.5. The number of nitriles is 1. The highest BCUT2D eigenvalue weighted by molar-refractivity contribution is 9.10. The van der Waals surface area contributed by atoms with Crippen molar-refractivity contribution in [1.82, 2.24) is 14.9 Å². The van der Waals surface area contributed by atoms with Crippen molar-refractivity contribution in [3.63, 3.8) is 0 Å². The molecule has 0 unspecified atom stereocenters. The summed E-state index contributed by atoms with van der Waals surface area (Å²) in [6.45, 7) is 0.272. The van der Waals surface area contributed by atoms with Gasteiger partial charge in [-0.15, -0.1) is 0 Å². The van der Waals surface area contributed by atoms with Crippen LogP contribution in [0.1, 0.15) is 42.8 Å². The Morgan fingerprint density at radius 1 is 1.28 bits per heavy atom. The summed E-state index contributed by atoms with van der Waals surface area (Å²) in [5.41, 5.74) is 0.801. The maximum Gasteiger partial charge on any atom is 0.408 e. The maximum absolute atomic E-state index is 12.1. The van der Waals surface area contributed by atoms with Gasteiger partial charge in [-0.1, -0.05) is 40.9 Å². The molecule has 0 saturated heterocycles. The highest BCUT2D eigenvalue weighted by atomic mass is 79.9. The Morgan fingerprint density at radius 2 is 1.96 bits per heavy atom. The van der Waals surface area contributed by atoms with Crippen LogP contribution >= 0.6 is 15.9 Å². The number of amides is 1. The van der Waals surface area contributed by atoms with E-state index in [9.17, 15) is 9.90 Å². The van der Waals surface area contributed by atoms with Gasteiger partial charge in [-0.05, 0) is 36.6 Å². The molecule has 1 aromatic heterocycles. The summed E-state index contributed by atoms with van der Waals surface area (Å²) in [6.07, 6.45) is 3.78. The van der Waals surface area contributed by atoms with Gasteiger partial charge < -0.3 is 5.11 Å². The van der Waals surface area contributed by atoms with Crippen LogP contribution in [0, 0.1) is 11.3 Å². The monoisotopic (exact) mass is 400 g/mol. The second kappa shape index (κ2) is 7.19. The molecule has 0 aliphatic heterocycles. The molecular formula is C18H17BrN4O2. The number of hydrogen-bond acceptors (Lipinski definition) is 4. The zero-order valence-corrected chi connectivity index (χ0v) is 15.1. The van der Waals surface area contributed by atoms with Crippen molar-refractivity contribution in [3.05, 3.63) is 58.1 Å². The van der Waals surface area contributed by atoms with Gasteiger partial charge in [0.05, 0.1) is 11.2 Å². The number of carboxylic acid groups (broad SMARTS) is 1. The van der Waals surface area contributed by atoms with E-state index < -0.39 is 11.6 Å². The van der Waals surface area contributed by atoms with Crippen molar-refractivity contribution in [1.29, 1.82) is 5.26 Å². The molecular weight excluding hydrogens is 384 g/mol. The second-order valence-corrected chi connectivity index (χ2v) is 7.03. The van der Waals surface area contributed by atoms with Crippen molar-refractivity contribution in [2.24, 2.45) is 0 Å². The molecule has 0 bridgehead atoms. The molecule has 1 aliphatic rings. The summed E-state index contributed by atoms with van der Waals surface area (Å²) in [7, 11) is 0. The summed E-state index contributed by atoms with van der Waals surface area (Å²) in [4.78, 5) is 21.8. The number of halogens is 1. The molecule has 2 aromatic rings. The Labute approximate surface area is 154 Å². The molecule has 0 atom stereocenters. The molecule has 1 saturated carbocycles. The summed E-state index contributed by atoms with van der Waals surface area (Å²) >= 11 is 3.39. The minimum atomic E-state index is -0.984. The largest absolute Gasteiger partial charge is 0.465 e. The number of carbonyl (C=O) groups is 1. The highest BCUT2D eigenvalue weighted by Crippen LogP contribution is 2.44. The fraction of sp³-hybridized carbons (Fsp3) is 0.333. The first-order valence-corrected chi connectivity index (χ1v) is 8.83. The fourth-order valence-corrected chi connectivity index (χ4v) is 3.73. The van der Waals surface area contributed by atoms with E-state index in [-0.39, 0.29) is 12.4 Å². The van der Waals surface area contributed by atoms with Gasteiger partial charge >= 0.3 is 6.09 Å². The number of nitrogens with zero attached hydrogens (tertiary/aromatic N) is 4. The van der Waals surface area contributed by atoms with Gasteiger partial charge in [-0.3, -0.25) is 4.90 Å². The van der Waals surface area contributed by atoms with Crippen LogP contribution in [-0.2, 0) is 12.1 Å². The van der Waals surface area contributed by atoms with E-state index in [1.165, 1.54) is 11.1 Å². The maximum atomic E-state index is 12.1. The Kier molecular flexibility index (Phi) is 5.00. The number of hydrogen-bond donors (Lipinski definition) is 1. The van der Waals surface area contributed by atoms with Crippen molar-refractivity contribution >= 4 is 22.0 Å². The van der Waals surface area contributed by atoms with Gasteiger partial charge in [0, 0.05) is 17.2 Å². The summed E-state index contributed by atoms with van der Waals surface area (Å²) in [5, 5.41) is 19.0. The smallest absolute Gasteiger partial charge is 0.408 e. The Morgan fingerprint density at radius 3 is 2.56 bits per heavy atom. The second-order valence-electron chi connectivity index (χ2n) is 6.11. The predicted molar refractivity (Wildman–Crippen MR) is 94.6 cm³/mol. The van der Waals surface area contributed by atoms with Crippen LogP contribution in [-0.4, -0.2) is 26.1 Å². The first-order valence-electron chi connectivity index (χ1n) is 8.04. The number of aromatic nitrogens is 2. The van der Waals surface area contributed by atoms with Crippen molar-refractivity contribution in [2.45, 2.75) is 37.8 Å². The van der Waals surface area contributed by atoms with Crippen LogP contribution in [0.5, 0.6) is 0 Å². The molecule has 6 nitrogen and oxygen atoms in total. The van der Waals surface area contributed by atoms with Crippen LogP contribution in [0.4, 0.5) is 4.79 Å². The van der Waals surface area contributed by atoms with Gasteiger partial charge in [-0.2, -0.15) is 5.26 Å². The Hall–Kier alpha value is -2.46. The molecule has 1 fully saturated rings. The average Bonchev–Trinajstić information content (AvgIpc) is 3.11. The SMILES string of the molecule is N#Cc1nccc(C2(N(Cc3ccc(Br)cc3)C(=O)O)CCCC2)n1. The van der Waals surface area contributed by atoms with Crippen LogP contribution in [0.2, 0.25) is 0 Å². The molecule has 1 N–H and O–H groups in total. The first kappa shape index (κ1) is 17.4. The third-order valence-electron chi connectivity index (χ3n) is 4.66. The molecule has 1 aliphatic carbocycles. The molecule has 1 heterocycles. The molecule has 0 radical (unpaired) electrons. The predicted octanol–water partition coefficient (Wildman–Crippen LogP) is 4.06. The van der Waals surface area contributed by atoms with E-state index in [2.05, 4.69) is 25.9 Å². The molecule has 1 amide bonds. The minimum Gasteiger partial charge on any atom is -0.465 e. The lowest BCUT2D eigenvalue weighted by molar-refractivity contribution is 0.0671. The van der Waals surface area contributed by atoms with E-state index in [1.54, 1.807) is 6.07 Å². The highest BCUT2D eigenvalue weighted by Gasteiger charge is 2.45. The van der Waals surface area contributed by atoms with Crippen molar-refractivity contribution in [2.75, 3.05) is 0 Å². The number of rotatable bonds is 4. The topological polar surface area (TPSA) is 90.1 Å². The van der Waals surface area contributed by atoms with Crippen molar-refractivity contribution < 1.29 is 9.90 Å². The zero-order chi connectivity index (χ0) is 17.9. The first-order chi connectivity index (χ1) is 12.0. The summed E-state index contributed by atoms with van der Waals surface area (Å²) in [5.74, 6) is 0.0674. The third kappa shape index (κ3) is 3.49. The third-order valence-corrected chi connectivity index (χ3v) is 5.19. The van der Waals surface area contributed by atoms with Gasteiger partial charge in [-0.25, -0.2) is 14.8 Å². The van der Waals surface area contributed by atoms with E-state index >= 15 is 0 Å². The van der Waals surface area contributed by atoms with Crippen LogP contribution in [0.3, 0.4) is 0 Å². The van der Waals surface area contributed by atoms with Crippen molar-refractivity contribution in [3.8, 4) is 6.07 Å². The lowest BCUT2D eigenvalue weighted by atomic mass is 9.90. The van der Waals surface area contributed by atoms with Crippen LogP contribution in [0.25, 0.3) is 0 Å². The van der Waals surface area contributed by atoms with Gasteiger partial charge in [0.15, 0.2) is 0 Å².